The number of piperidine rings is 1. The standard InChI is InChI=1S/C16H30N2O3/c1-5-21-13-10-16(17,15(13,2)3)14(19)18-8-6-12(7-9-18)11-20-4/h12-13H,5-11,17H2,1-4H3. The van der Waals surface area contributed by atoms with E-state index in [0.717, 1.165) is 32.5 Å². The van der Waals surface area contributed by atoms with E-state index in [2.05, 4.69) is 0 Å². The van der Waals surface area contributed by atoms with Crippen molar-refractivity contribution >= 4 is 5.91 Å². The van der Waals surface area contributed by atoms with Gasteiger partial charge in [0.1, 0.15) is 5.54 Å². The van der Waals surface area contributed by atoms with Crippen LogP contribution in [0.3, 0.4) is 0 Å². The van der Waals surface area contributed by atoms with Crippen molar-refractivity contribution in [3.63, 3.8) is 0 Å². The molecule has 0 radical (unpaired) electrons. The summed E-state index contributed by atoms with van der Waals surface area (Å²) >= 11 is 0. The van der Waals surface area contributed by atoms with Gasteiger partial charge in [-0.15, -0.1) is 0 Å². The minimum Gasteiger partial charge on any atom is -0.384 e. The van der Waals surface area contributed by atoms with Crippen molar-refractivity contribution in [3.8, 4) is 0 Å². The zero-order valence-electron chi connectivity index (χ0n) is 13.9. The van der Waals surface area contributed by atoms with Gasteiger partial charge in [-0.3, -0.25) is 4.79 Å². The summed E-state index contributed by atoms with van der Waals surface area (Å²) in [4.78, 5) is 14.8. The second-order valence-electron chi connectivity index (χ2n) is 7.03. The molecule has 1 saturated heterocycles. The molecule has 5 heteroatoms. The maximum Gasteiger partial charge on any atom is 0.243 e. The summed E-state index contributed by atoms with van der Waals surface area (Å²) in [7, 11) is 1.73. The van der Waals surface area contributed by atoms with Crippen LogP contribution in [0.1, 0.15) is 40.0 Å². The average Bonchev–Trinajstić information content (AvgIpc) is 2.47. The molecule has 1 saturated carbocycles. The monoisotopic (exact) mass is 298 g/mol. The molecule has 2 aliphatic rings. The van der Waals surface area contributed by atoms with Gasteiger partial charge in [-0.2, -0.15) is 0 Å². The van der Waals surface area contributed by atoms with E-state index < -0.39 is 5.54 Å². The lowest BCUT2D eigenvalue weighted by molar-refractivity contribution is -0.180. The zero-order valence-corrected chi connectivity index (χ0v) is 13.9. The zero-order chi connectivity index (χ0) is 15.7. The molecule has 21 heavy (non-hydrogen) atoms. The van der Waals surface area contributed by atoms with Gasteiger partial charge in [-0.1, -0.05) is 13.8 Å². The molecule has 122 valence electrons. The Labute approximate surface area is 128 Å². The minimum atomic E-state index is -0.777. The average molecular weight is 298 g/mol. The van der Waals surface area contributed by atoms with E-state index in [-0.39, 0.29) is 17.4 Å². The molecule has 2 fully saturated rings. The predicted molar refractivity (Wildman–Crippen MR) is 81.9 cm³/mol. The lowest BCUT2D eigenvalue weighted by Gasteiger charge is -2.59. The van der Waals surface area contributed by atoms with Crippen LogP contribution in [0.5, 0.6) is 0 Å². The number of carbonyl (C=O) groups is 1. The topological polar surface area (TPSA) is 64.8 Å². The fourth-order valence-corrected chi connectivity index (χ4v) is 3.62. The molecule has 1 heterocycles. The van der Waals surface area contributed by atoms with Crippen molar-refractivity contribution in [1.82, 2.24) is 4.90 Å². The Balaban J connectivity index is 1.95. The third-order valence-electron chi connectivity index (χ3n) is 5.52. The van der Waals surface area contributed by atoms with E-state index >= 15 is 0 Å². The van der Waals surface area contributed by atoms with Crippen LogP contribution < -0.4 is 5.73 Å². The molecule has 5 nitrogen and oxygen atoms in total. The Bertz CT molecular complexity index is 378. The van der Waals surface area contributed by atoms with E-state index in [1.807, 2.05) is 25.7 Å². The molecule has 1 amide bonds. The summed E-state index contributed by atoms with van der Waals surface area (Å²) in [6, 6.07) is 0. The number of amides is 1. The van der Waals surface area contributed by atoms with Gasteiger partial charge in [0.2, 0.25) is 5.91 Å². The van der Waals surface area contributed by atoms with Crippen LogP contribution in [-0.2, 0) is 14.3 Å². The molecular formula is C16H30N2O3. The highest BCUT2D eigenvalue weighted by atomic mass is 16.5. The molecule has 2 N–H and O–H groups in total. The summed E-state index contributed by atoms with van der Waals surface area (Å²) in [5.74, 6) is 0.665. The molecule has 0 aromatic carbocycles. The van der Waals surface area contributed by atoms with Crippen molar-refractivity contribution in [2.45, 2.75) is 51.7 Å². The Morgan fingerprint density at radius 1 is 1.33 bits per heavy atom. The molecule has 2 unspecified atom stereocenters. The number of nitrogens with zero attached hydrogens (tertiary/aromatic N) is 1. The molecular weight excluding hydrogens is 268 g/mol. The highest BCUT2D eigenvalue weighted by Gasteiger charge is 2.63. The first-order chi connectivity index (χ1) is 9.86. The molecule has 2 rings (SSSR count). The van der Waals surface area contributed by atoms with Crippen molar-refractivity contribution in [3.05, 3.63) is 0 Å². The lowest BCUT2D eigenvalue weighted by atomic mass is 9.54. The largest absolute Gasteiger partial charge is 0.384 e. The highest BCUT2D eigenvalue weighted by molar-refractivity contribution is 5.89. The highest BCUT2D eigenvalue weighted by Crippen LogP contribution is 2.50. The summed E-state index contributed by atoms with van der Waals surface area (Å²) in [6.07, 6.45) is 2.73. The van der Waals surface area contributed by atoms with E-state index in [1.54, 1.807) is 7.11 Å². The van der Waals surface area contributed by atoms with Crippen molar-refractivity contribution in [1.29, 1.82) is 0 Å². The van der Waals surface area contributed by atoms with Gasteiger partial charge in [0.15, 0.2) is 0 Å². The second-order valence-corrected chi connectivity index (χ2v) is 7.03. The Kier molecular flexibility index (Phi) is 4.96. The van der Waals surface area contributed by atoms with Crippen molar-refractivity contribution < 1.29 is 14.3 Å². The minimum absolute atomic E-state index is 0.0856. The van der Waals surface area contributed by atoms with Crippen LogP contribution in [0.15, 0.2) is 0 Å². The van der Waals surface area contributed by atoms with Crippen LogP contribution in [0.25, 0.3) is 0 Å². The molecule has 1 aliphatic heterocycles. The number of methoxy groups -OCH3 is 1. The maximum atomic E-state index is 12.8. The summed E-state index contributed by atoms with van der Waals surface area (Å²) in [6.45, 7) is 9.12. The molecule has 0 spiro atoms. The van der Waals surface area contributed by atoms with Crippen LogP contribution in [0.2, 0.25) is 0 Å². The maximum absolute atomic E-state index is 12.8. The lowest BCUT2D eigenvalue weighted by Crippen LogP contribution is -2.76. The Morgan fingerprint density at radius 3 is 2.43 bits per heavy atom. The summed E-state index contributed by atoms with van der Waals surface area (Å²) in [5, 5.41) is 0. The normalized spacial score (nSPS) is 32.8. The Hall–Kier alpha value is -0.650. The number of carbonyl (C=O) groups excluding carboxylic acids is 1. The van der Waals surface area contributed by atoms with Crippen LogP contribution in [0, 0.1) is 11.3 Å². The smallest absolute Gasteiger partial charge is 0.243 e. The van der Waals surface area contributed by atoms with Gasteiger partial charge in [0.25, 0.3) is 0 Å². The van der Waals surface area contributed by atoms with E-state index in [9.17, 15) is 4.79 Å². The number of likely N-dealkylation sites (tertiary alicyclic amines) is 1. The Morgan fingerprint density at radius 2 is 1.95 bits per heavy atom. The van der Waals surface area contributed by atoms with Gasteiger partial charge < -0.3 is 20.1 Å². The third kappa shape index (κ3) is 2.83. The van der Waals surface area contributed by atoms with E-state index in [1.165, 1.54) is 0 Å². The molecule has 1 aliphatic carbocycles. The van der Waals surface area contributed by atoms with Crippen LogP contribution in [0.4, 0.5) is 0 Å². The van der Waals surface area contributed by atoms with Crippen LogP contribution >= 0.6 is 0 Å². The van der Waals surface area contributed by atoms with Gasteiger partial charge in [-0.05, 0) is 25.7 Å². The SMILES string of the molecule is CCOC1CC(N)(C(=O)N2CCC(COC)CC2)C1(C)C. The van der Waals surface area contributed by atoms with Gasteiger partial charge >= 0.3 is 0 Å². The first-order valence-electron chi connectivity index (χ1n) is 8.05. The molecule has 2 atom stereocenters. The van der Waals surface area contributed by atoms with Crippen molar-refractivity contribution in [2.75, 3.05) is 33.4 Å². The third-order valence-corrected chi connectivity index (χ3v) is 5.52. The number of hydrogen-bond acceptors (Lipinski definition) is 4. The number of rotatable bonds is 5. The summed E-state index contributed by atoms with van der Waals surface area (Å²) < 4.78 is 10.9. The first kappa shape index (κ1) is 16.7. The first-order valence-corrected chi connectivity index (χ1v) is 8.05. The van der Waals surface area contributed by atoms with Gasteiger partial charge in [0.05, 0.1) is 6.10 Å². The quantitative estimate of drug-likeness (QED) is 0.833. The fourth-order valence-electron chi connectivity index (χ4n) is 3.62. The van der Waals surface area contributed by atoms with Gasteiger partial charge in [0, 0.05) is 45.2 Å². The molecule has 0 bridgehead atoms. The van der Waals surface area contributed by atoms with Gasteiger partial charge in [-0.25, -0.2) is 0 Å². The molecule has 0 aromatic heterocycles. The van der Waals surface area contributed by atoms with Crippen LogP contribution in [-0.4, -0.2) is 55.9 Å². The fraction of sp³-hybridized carbons (Fsp3) is 0.938. The number of nitrogens with two attached hydrogens (primary N) is 1. The van der Waals surface area contributed by atoms with E-state index in [0.29, 0.717) is 18.9 Å². The summed E-state index contributed by atoms with van der Waals surface area (Å²) in [5.41, 5.74) is 5.39. The second kappa shape index (κ2) is 6.23. The number of ether oxygens (including phenoxy) is 2. The van der Waals surface area contributed by atoms with E-state index in [4.69, 9.17) is 15.2 Å². The number of hydrogen-bond donors (Lipinski definition) is 1. The molecule has 0 aromatic rings. The van der Waals surface area contributed by atoms with Crippen molar-refractivity contribution in [2.24, 2.45) is 17.1 Å². The predicted octanol–water partition coefficient (Wildman–Crippen LogP) is 1.40.